The Kier molecular flexibility index (Phi) is 6.45. The van der Waals surface area contributed by atoms with Crippen LogP contribution in [0.15, 0.2) is 0 Å². The molecule has 0 radical (unpaired) electrons. The molecule has 0 spiro atoms. The first kappa shape index (κ1) is 17.3. The maximum atomic E-state index is 12.7. The van der Waals surface area contributed by atoms with Gasteiger partial charge in [0.15, 0.2) is 0 Å². The van der Waals surface area contributed by atoms with Crippen LogP contribution < -0.4 is 5.32 Å². The number of carbonyl (C=O) groups excluding carboxylic acids is 2. The Morgan fingerprint density at radius 1 is 1.38 bits per heavy atom. The third kappa shape index (κ3) is 4.34. The Morgan fingerprint density at radius 3 is 2.57 bits per heavy atom. The molecule has 2 atom stereocenters. The number of likely N-dealkylation sites (tertiary alicyclic amines) is 1. The molecule has 1 fully saturated rings. The van der Waals surface area contributed by atoms with Gasteiger partial charge in [0.1, 0.15) is 6.04 Å². The lowest BCUT2D eigenvalue weighted by Gasteiger charge is -2.39. The van der Waals surface area contributed by atoms with E-state index >= 15 is 0 Å². The average Bonchev–Trinajstić information content (AvgIpc) is 2.46. The molecular formula is C14H25N3O4. The number of hydrogen-bond donors (Lipinski definition) is 2. The molecule has 7 heteroatoms. The highest BCUT2D eigenvalue weighted by atomic mass is 16.4. The summed E-state index contributed by atoms with van der Waals surface area (Å²) >= 11 is 0. The van der Waals surface area contributed by atoms with E-state index in [4.69, 9.17) is 5.11 Å². The predicted molar refractivity (Wildman–Crippen MR) is 77.9 cm³/mol. The molecular weight excluding hydrogens is 274 g/mol. The van der Waals surface area contributed by atoms with Crippen LogP contribution in [0.4, 0.5) is 4.79 Å². The Morgan fingerprint density at radius 2 is 2.05 bits per heavy atom. The number of amides is 3. The molecule has 0 aromatic heterocycles. The zero-order chi connectivity index (χ0) is 16.0. The number of rotatable bonds is 5. The molecule has 1 aliphatic heterocycles. The highest BCUT2D eigenvalue weighted by Gasteiger charge is 2.35. The molecule has 1 saturated heterocycles. The maximum absolute atomic E-state index is 12.7. The summed E-state index contributed by atoms with van der Waals surface area (Å²) in [4.78, 5) is 38.5. The third-order valence-corrected chi connectivity index (χ3v) is 3.89. The fourth-order valence-electron chi connectivity index (χ4n) is 2.76. The molecule has 2 unspecified atom stereocenters. The average molecular weight is 299 g/mol. The van der Waals surface area contributed by atoms with E-state index in [0.29, 0.717) is 19.5 Å². The minimum Gasteiger partial charge on any atom is -0.481 e. The van der Waals surface area contributed by atoms with E-state index in [1.165, 1.54) is 4.90 Å². The van der Waals surface area contributed by atoms with Crippen LogP contribution >= 0.6 is 0 Å². The van der Waals surface area contributed by atoms with Crippen LogP contribution in [0.5, 0.6) is 0 Å². The van der Waals surface area contributed by atoms with E-state index in [2.05, 4.69) is 5.32 Å². The minimum absolute atomic E-state index is 0.0991. The summed E-state index contributed by atoms with van der Waals surface area (Å²) in [5.41, 5.74) is 0. The third-order valence-electron chi connectivity index (χ3n) is 3.89. The molecule has 0 bridgehead atoms. The number of likely N-dealkylation sites (N-methyl/N-ethyl adjacent to an activating group) is 1. The summed E-state index contributed by atoms with van der Waals surface area (Å²) in [6.45, 7) is 4.49. The van der Waals surface area contributed by atoms with Crippen LogP contribution in [0.25, 0.3) is 0 Å². The molecule has 1 rings (SSSR count). The molecule has 0 aliphatic carbocycles. The molecule has 0 aromatic carbocycles. The number of urea groups is 1. The molecule has 21 heavy (non-hydrogen) atoms. The lowest BCUT2D eigenvalue weighted by molar-refractivity contribution is -0.138. The van der Waals surface area contributed by atoms with E-state index in [1.54, 1.807) is 18.9 Å². The molecule has 0 aromatic rings. The second-order valence-electron chi connectivity index (χ2n) is 5.33. The summed E-state index contributed by atoms with van der Waals surface area (Å²) < 4.78 is 0. The number of carboxylic acid groups (broad SMARTS) is 1. The summed E-state index contributed by atoms with van der Waals surface area (Å²) in [5, 5.41) is 11.5. The van der Waals surface area contributed by atoms with Crippen molar-refractivity contribution in [3.63, 3.8) is 0 Å². The van der Waals surface area contributed by atoms with Gasteiger partial charge >= 0.3 is 12.0 Å². The van der Waals surface area contributed by atoms with Gasteiger partial charge in [-0.1, -0.05) is 0 Å². The predicted octanol–water partition coefficient (Wildman–Crippen LogP) is 0.892. The van der Waals surface area contributed by atoms with Crippen molar-refractivity contribution in [1.29, 1.82) is 0 Å². The van der Waals surface area contributed by atoms with Crippen molar-refractivity contribution >= 4 is 17.9 Å². The minimum atomic E-state index is -0.935. The largest absolute Gasteiger partial charge is 0.481 e. The fraction of sp³-hybridized carbons (Fsp3) is 0.786. The molecule has 3 amide bonds. The highest BCUT2D eigenvalue weighted by molar-refractivity contribution is 5.87. The van der Waals surface area contributed by atoms with Gasteiger partial charge in [-0.15, -0.1) is 0 Å². The van der Waals surface area contributed by atoms with Gasteiger partial charge in [0.25, 0.3) is 0 Å². The smallest absolute Gasteiger partial charge is 0.320 e. The van der Waals surface area contributed by atoms with E-state index in [-0.39, 0.29) is 18.4 Å². The lowest BCUT2D eigenvalue weighted by Crippen LogP contribution is -2.56. The van der Waals surface area contributed by atoms with Crippen LogP contribution in [0, 0.1) is 0 Å². The topological polar surface area (TPSA) is 90.0 Å². The molecule has 0 saturated carbocycles. The Balaban J connectivity index is 2.85. The van der Waals surface area contributed by atoms with Gasteiger partial charge in [0.05, 0.1) is 6.42 Å². The SMILES string of the molecule is CCN(C(=O)N1CCCCC1C(=O)NC)C(C)CC(=O)O. The van der Waals surface area contributed by atoms with Gasteiger partial charge < -0.3 is 20.2 Å². The second-order valence-corrected chi connectivity index (χ2v) is 5.33. The van der Waals surface area contributed by atoms with Crippen molar-refractivity contribution in [1.82, 2.24) is 15.1 Å². The summed E-state index contributed by atoms with van der Waals surface area (Å²) in [6, 6.07) is -1.10. The monoisotopic (exact) mass is 299 g/mol. The van der Waals surface area contributed by atoms with Crippen molar-refractivity contribution in [2.45, 2.75) is 51.6 Å². The van der Waals surface area contributed by atoms with Crippen LogP contribution in [0.1, 0.15) is 39.5 Å². The Labute approximate surface area is 125 Å². The first-order valence-electron chi connectivity index (χ1n) is 7.43. The van der Waals surface area contributed by atoms with Gasteiger partial charge in [-0.3, -0.25) is 9.59 Å². The summed E-state index contributed by atoms with van der Waals surface area (Å²) in [5.74, 6) is -1.10. The van der Waals surface area contributed by atoms with Crippen LogP contribution in [0.2, 0.25) is 0 Å². The lowest BCUT2D eigenvalue weighted by atomic mass is 10.0. The number of aliphatic carboxylic acids is 1. The van der Waals surface area contributed by atoms with Crippen LogP contribution in [0.3, 0.4) is 0 Å². The summed E-state index contributed by atoms with van der Waals surface area (Å²) in [6.07, 6.45) is 2.33. The van der Waals surface area contributed by atoms with Crippen molar-refractivity contribution in [2.24, 2.45) is 0 Å². The van der Waals surface area contributed by atoms with Crippen molar-refractivity contribution in [3.05, 3.63) is 0 Å². The zero-order valence-electron chi connectivity index (χ0n) is 13.0. The molecule has 2 N–H and O–H groups in total. The van der Waals surface area contributed by atoms with Gasteiger partial charge in [-0.25, -0.2) is 4.79 Å². The van der Waals surface area contributed by atoms with Crippen molar-refractivity contribution in [2.75, 3.05) is 20.1 Å². The van der Waals surface area contributed by atoms with Crippen LogP contribution in [-0.2, 0) is 9.59 Å². The van der Waals surface area contributed by atoms with Gasteiger partial charge in [0.2, 0.25) is 5.91 Å². The van der Waals surface area contributed by atoms with Crippen molar-refractivity contribution < 1.29 is 19.5 Å². The van der Waals surface area contributed by atoms with E-state index in [0.717, 1.165) is 12.8 Å². The zero-order valence-corrected chi connectivity index (χ0v) is 13.0. The standard InChI is InChI=1S/C14H25N3O4/c1-4-16(10(2)9-12(18)19)14(21)17-8-6-5-7-11(17)13(20)15-3/h10-11H,4-9H2,1-3H3,(H,15,20)(H,18,19). The maximum Gasteiger partial charge on any atom is 0.320 e. The second kappa shape index (κ2) is 7.85. The Bertz CT molecular complexity index is 400. The van der Waals surface area contributed by atoms with E-state index in [9.17, 15) is 14.4 Å². The molecule has 1 aliphatic rings. The quantitative estimate of drug-likeness (QED) is 0.789. The number of piperidine rings is 1. The van der Waals surface area contributed by atoms with Gasteiger partial charge in [0, 0.05) is 26.2 Å². The number of carboxylic acids is 1. The summed E-state index contributed by atoms with van der Waals surface area (Å²) in [7, 11) is 1.56. The van der Waals surface area contributed by atoms with Gasteiger partial charge in [-0.2, -0.15) is 0 Å². The first-order chi connectivity index (χ1) is 9.92. The van der Waals surface area contributed by atoms with Gasteiger partial charge in [-0.05, 0) is 33.1 Å². The molecule has 120 valence electrons. The van der Waals surface area contributed by atoms with Crippen LogP contribution in [-0.4, -0.2) is 65.0 Å². The Hall–Kier alpha value is -1.79. The van der Waals surface area contributed by atoms with E-state index < -0.39 is 18.1 Å². The normalized spacial score (nSPS) is 19.8. The highest BCUT2D eigenvalue weighted by Crippen LogP contribution is 2.20. The number of hydrogen-bond acceptors (Lipinski definition) is 3. The number of nitrogens with zero attached hydrogens (tertiary/aromatic N) is 2. The van der Waals surface area contributed by atoms with Crippen molar-refractivity contribution in [3.8, 4) is 0 Å². The fourth-order valence-corrected chi connectivity index (χ4v) is 2.76. The van der Waals surface area contributed by atoms with E-state index in [1.807, 2.05) is 6.92 Å². The number of carbonyl (C=O) groups is 3. The molecule has 7 nitrogen and oxygen atoms in total. The molecule has 1 heterocycles. The first-order valence-corrected chi connectivity index (χ1v) is 7.43. The number of nitrogens with one attached hydrogen (secondary N) is 1.